The molecule has 0 saturated heterocycles. The summed E-state index contributed by atoms with van der Waals surface area (Å²) in [5, 5.41) is 0.763. The number of hydrogen-bond donors (Lipinski definition) is 0. The molecule has 1 amide bonds. The molecule has 4 rings (SSSR count). The molecule has 0 fully saturated rings. The van der Waals surface area contributed by atoms with E-state index in [1.165, 1.54) is 29.7 Å². The van der Waals surface area contributed by atoms with Gasteiger partial charge in [-0.15, -0.1) is 0 Å². The molecule has 0 N–H and O–H groups in total. The second-order valence-electron chi connectivity index (χ2n) is 6.16. The van der Waals surface area contributed by atoms with Crippen LogP contribution in [0.2, 0.25) is 0 Å². The van der Waals surface area contributed by atoms with Crippen molar-refractivity contribution in [1.82, 2.24) is 0 Å². The SMILES string of the molecule is COc1cc(C2=NC(=O)C3C(=N2)SC2=C3CCCC2)ccc1OC(F)F. The lowest BCUT2D eigenvalue weighted by Crippen LogP contribution is -2.26. The van der Waals surface area contributed by atoms with Crippen molar-refractivity contribution in [2.45, 2.75) is 32.3 Å². The Bertz CT molecular complexity index is 864. The first kappa shape index (κ1) is 17.2. The summed E-state index contributed by atoms with van der Waals surface area (Å²) in [6.07, 6.45) is 4.15. The van der Waals surface area contributed by atoms with Gasteiger partial charge in [0.2, 0.25) is 0 Å². The number of allylic oxidation sites excluding steroid dienone is 1. The van der Waals surface area contributed by atoms with E-state index in [9.17, 15) is 13.6 Å². The lowest BCUT2D eigenvalue weighted by atomic mass is 9.89. The molecule has 8 heteroatoms. The molecule has 26 heavy (non-hydrogen) atoms. The fourth-order valence-corrected chi connectivity index (χ4v) is 4.77. The van der Waals surface area contributed by atoms with Crippen molar-refractivity contribution in [3.63, 3.8) is 0 Å². The molecule has 1 aromatic carbocycles. The van der Waals surface area contributed by atoms with Gasteiger partial charge in [-0.05, 0) is 54.4 Å². The van der Waals surface area contributed by atoms with Crippen LogP contribution in [-0.4, -0.2) is 30.5 Å². The number of carbonyl (C=O) groups excluding carboxylic acids is 1. The van der Waals surface area contributed by atoms with Crippen molar-refractivity contribution in [2.24, 2.45) is 15.9 Å². The van der Waals surface area contributed by atoms with Crippen LogP contribution in [-0.2, 0) is 4.79 Å². The van der Waals surface area contributed by atoms with E-state index in [1.807, 2.05) is 0 Å². The summed E-state index contributed by atoms with van der Waals surface area (Å²) in [5.41, 5.74) is 1.69. The minimum absolute atomic E-state index is 0.0770. The number of amidine groups is 1. The third kappa shape index (κ3) is 3.02. The quantitative estimate of drug-likeness (QED) is 0.789. The average molecular weight is 378 g/mol. The van der Waals surface area contributed by atoms with E-state index in [0.717, 1.165) is 30.7 Å². The summed E-state index contributed by atoms with van der Waals surface area (Å²) >= 11 is 1.58. The first-order valence-electron chi connectivity index (χ1n) is 8.31. The number of thioether (sulfide) groups is 1. The van der Waals surface area contributed by atoms with Gasteiger partial charge in [-0.3, -0.25) is 4.79 Å². The van der Waals surface area contributed by atoms with Gasteiger partial charge in [0.05, 0.1) is 12.2 Å². The van der Waals surface area contributed by atoms with Crippen LogP contribution in [0.15, 0.2) is 38.7 Å². The number of carbonyl (C=O) groups is 1. The summed E-state index contributed by atoms with van der Waals surface area (Å²) in [7, 11) is 1.36. The summed E-state index contributed by atoms with van der Waals surface area (Å²) in [6.45, 7) is -2.95. The standard InChI is InChI=1S/C18H16F2N2O3S/c1-24-12-8-9(6-7-11(12)25-18(19)20)15-21-16(23)14-10-4-2-3-5-13(10)26-17(14)22-15/h6-8,14,18H,2-5H2,1H3. The maximum absolute atomic E-state index is 12.6. The summed E-state index contributed by atoms with van der Waals surface area (Å²) < 4.78 is 34.5. The zero-order valence-electron chi connectivity index (χ0n) is 14.0. The second-order valence-corrected chi connectivity index (χ2v) is 7.27. The zero-order chi connectivity index (χ0) is 18.3. The van der Waals surface area contributed by atoms with Crippen molar-refractivity contribution < 1.29 is 23.0 Å². The van der Waals surface area contributed by atoms with Crippen molar-refractivity contribution >= 4 is 28.5 Å². The summed E-state index contributed by atoms with van der Waals surface area (Å²) in [4.78, 5) is 22.6. The molecule has 5 nitrogen and oxygen atoms in total. The van der Waals surface area contributed by atoms with Crippen LogP contribution in [0.5, 0.6) is 11.5 Å². The Balaban J connectivity index is 1.65. The number of amides is 1. The van der Waals surface area contributed by atoms with Gasteiger partial charge in [0.15, 0.2) is 17.3 Å². The van der Waals surface area contributed by atoms with Crippen LogP contribution < -0.4 is 9.47 Å². The third-order valence-electron chi connectivity index (χ3n) is 4.60. The fourth-order valence-electron chi connectivity index (χ4n) is 3.43. The minimum Gasteiger partial charge on any atom is -0.493 e. The molecule has 0 spiro atoms. The van der Waals surface area contributed by atoms with Gasteiger partial charge in [-0.25, -0.2) is 4.99 Å². The molecule has 3 aliphatic rings. The van der Waals surface area contributed by atoms with Gasteiger partial charge in [0.25, 0.3) is 5.91 Å². The fraction of sp³-hybridized carbons (Fsp3) is 0.389. The predicted octanol–water partition coefficient (Wildman–Crippen LogP) is 4.17. The van der Waals surface area contributed by atoms with Crippen molar-refractivity contribution in [2.75, 3.05) is 7.11 Å². The molecule has 0 radical (unpaired) electrons. The number of ether oxygens (including phenoxy) is 2. The second kappa shape index (κ2) is 6.83. The summed E-state index contributed by atoms with van der Waals surface area (Å²) in [6, 6.07) is 4.41. The van der Waals surface area contributed by atoms with Crippen molar-refractivity contribution in [3.05, 3.63) is 34.2 Å². The van der Waals surface area contributed by atoms with E-state index in [-0.39, 0.29) is 29.2 Å². The molecule has 2 aliphatic heterocycles. The minimum atomic E-state index is -2.95. The Morgan fingerprint density at radius 1 is 1.19 bits per heavy atom. The number of nitrogens with zero attached hydrogens (tertiary/aromatic N) is 2. The number of hydrogen-bond acceptors (Lipinski definition) is 5. The first-order valence-corrected chi connectivity index (χ1v) is 9.12. The van der Waals surface area contributed by atoms with Crippen LogP contribution in [0.1, 0.15) is 31.2 Å². The van der Waals surface area contributed by atoms with Crippen LogP contribution in [0, 0.1) is 5.92 Å². The highest BCUT2D eigenvalue weighted by atomic mass is 32.2. The molecule has 136 valence electrons. The van der Waals surface area contributed by atoms with E-state index in [1.54, 1.807) is 17.8 Å². The van der Waals surface area contributed by atoms with Crippen LogP contribution in [0.4, 0.5) is 8.78 Å². The van der Waals surface area contributed by atoms with E-state index in [2.05, 4.69) is 14.7 Å². The van der Waals surface area contributed by atoms with Gasteiger partial charge < -0.3 is 9.47 Å². The highest BCUT2D eigenvalue weighted by Crippen LogP contribution is 2.47. The predicted molar refractivity (Wildman–Crippen MR) is 95.2 cm³/mol. The Hall–Kier alpha value is -2.22. The smallest absolute Gasteiger partial charge is 0.387 e. The monoisotopic (exact) mass is 378 g/mol. The molecule has 1 unspecified atom stereocenters. The molecular formula is C18H16F2N2O3S. The Kier molecular flexibility index (Phi) is 4.52. The lowest BCUT2D eigenvalue weighted by molar-refractivity contribution is -0.118. The highest BCUT2D eigenvalue weighted by Gasteiger charge is 2.40. The lowest BCUT2D eigenvalue weighted by Gasteiger charge is -2.18. The number of fused-ring (bicyclic) bond motifs is 2. The van der Waals surface area contributed by atoms with E-state index >= 15 is 0 Å². The maximum Gasteiger partial charge on any atom is 0.387 e. The maximum atomic E-state index is 12.6. The van der Waals surface area contributed by atoms with Gasteiger partial charge in [-0.2, -0.15) is 13.8 Å². The molecule has 1 atom stereocenters. The summed E-state index contributed by atoms with van der Waals surface area (Å²) in [5.74, 6) is -0.210. The van der Waals surface area contributed by atoms with Gasteiger partial charge in [-0.1, -0.05) is 11.8 Å². The number of alkyl halides is 2. The molecule has 1 aliphatic carbocycles. The molecular weight excluding hydrogens is 362 g/mol. The molecule has 0 saturated carbocycles. The van der Waals surface area contributed by atoms with Crippen LogP contribution in [0.3, 0.4) is 0 Å². The molecule has 1 aromatic rings. The normalized spacial score (nSPS) is 22.0. The van der Waals surface area contributed by atoms with Crippen molar-refractivity contribution in [1.29, 1.82) is 0 Å². The zero-order valence-corrected chi connectivity index (χ0v) is 14.8. The van der Waals surface area contributed by atoms with E-state index in [4.69, 9.17) is 4.74 Å². The number of rotatable bonds is 4. The molecule has 2 heterocycles. The van der Waals surface area contributed by atoms with E-state index < -0.39 is 6.61 Å². The Morgan fingerprint density at radius 3 is 2.77 bits per heavy atom. The molecule has 0 aromatic heterocycles. The largest absolute Gasteiger partial charge is 0.493 e. The third-order valence-corrected chi connectivity index (χ3v) is 5.85. The molecule has 0 bridgehead atoms. The van der Waals surface area contributed by atoms with Crippen LogP contribution in [0.25, 0.3) is 0 Å². The number of benzene rings is 1. The number of aliphatic imine (C=N–C) groups is 2. The van der Waals surface area contributed by atoms with E-state index in [0.29, 0.717) is 5.56 Å². The average Bonchev–Trinajstić information content (AvgIpc) is 3.00. The van der Waals surface area contributed by atoms with Crippen molar-refractivity contribution in [3.8, 4) is 11.5 Å². The van der Waals surface area contributed by atoms with Gasteiger partial charge in [0.1, 0.15) is 5.92 Å². The van der Waals surface area contributed by atoms with Crippen LogP contribution >= 0.6 is 11.8 Å². The topological polar surface area (TPSA) is 60.2 Å². The number of methoxy groups -OCH3 is 1. The Morgan fingerprint density at radius 2 is 2.00 bits per heavy atom. The highest BCUT2D eigenvalue weighted by molar-refractivity contribution is 8.17. The number of halogens is 2. The first-order chi connectivity index (χ1) is 12.6. The Labute approximate surface area is 153 Å². The van der Waals surface area contributed by atoms with Gasteiger partial charge in [0, 0.05) is 5.56 Å². The van der Waals surface area contributed by atoms with Gasteiger partial charge >= 0.3 is 6.61 Å².